The Balaban J connectivity index is 2.01. The number of nitrogens with two attached hydrogens (primary N) is 1. The first-order valence-corrected chi connectivity index (χ1v) is 11.1. The van der Waals surface area contributed by atoms with Crippen LogP contribution in [0.15, 0.2) is 23.3 Å². The third-order valence-electron chi connectivity index (χ3n) is 5.44. The second kappa shape index (κ2) is 12.3. The fourth-order valence-corrected chi connectivity index (χ4v) is 3.70. The maximum atomic E-state index is 11.4. The zero-order chi connectivity index (χ0) is 21.1. The van der Waals surface area contributed by atoms with Gasteiger partial charge in [0.2, 0.25) is 5.91 Å². The van der Waals surface area contributed by atoms with Crippen molar-refractivity contribution in [2.45, 2.75) is 71.9 Å². The molecule has 1 aliphatic rings. The first-order valence-electron chi connectivity index (χ1n) is 11.1. The average molecular weight is 403 g/mol. The molecular formula is C22H38N6O. The molecule has 1 aromatic heterocycles. The van der Waals surface area contributed by atoms with Gasteiger partial charge in [0.15, 0.2) is 5.96 Å². The molecule has 0 aliphatic carbocycles. The Morgan fingerprint density at radius 3 is 2.76 bits per heavy atom. The Morgan fingerprint density at radius 2 is 2.10 bits per heavy atom. The number of rotatable bonds is 10. The highest BCUT2D eigenvalue weighted by Crippen LogP contribution is 2.24. The van der Waals surface area contributed by atoms with Crippen LogP contribution in [0.3, 0.4) is 0 Å². The number of hydrogen-bond acceptors (Lipinski definition) is 4. The van der Waals surface area contributed by atoms with Gasteiger partial charge in [-0.25, -0.2) is 9.98 Å². The van der Waals surface area contributed by atoms with E-state index < -0.39 is 0 Å². The molecule has 0 aromatic carbocycles. The van der Waals surface area contributed by atoms with Crippen LogP contribution in [0.25, 0.3) is 0 Å². The molecule has 1 unspecified atom stereocenters. The van der Waals surface area contributed by atoms with Crippen LogP contribution in [0.1, 0.15) is 64.9 Å². The molecule has 4 N–H and O–H groups in total. The molecule has 162 valence electrons. The second-order valence-electron chi connectivity index (χ2n) is 7.89. The third kappa shape index (κ3) is 7.55. The zero-order valence-electron chi connectivity index (χ0n) is 18.3. The monoisotopic (exact) mass is 402 g/mol. The van der Waals surface area contributed by atoms with Crippen LogP contribution in [0, 0.1) is 5.92 Å². The molecule has 2 rings (SSSR count). The number of aromatic nitrogens is 1. The van der Waals surface area contributed by atoms with Crippen LogP contribution in [-0.4, -0.2) is 42.5 Å². The molecule has 0 radical (unpaired) electrons. The van der Waals surface area contributed by atoms with E-state index in [1.807, 2.05) is 12.3 Å². The summed E-state index contributed by atoms with van der Waals surface area (Å²) in [6, 6.07) is 4.43. The quantitative estimate of drug-likeness (QED) is 0.318. The molecule has 0 bridgehead atoms. The first kappa shape index (κ1) is 23.0. The Kier molecular flexibility index (Phi) is 9.74. The van der Waals surface area contributed by atoms with Crippen LogP contribution >= 0.6 is 0 Å². The maximum absolute atomic E-state index is 11.4. The van der Waals surface area contributed by atoms with Crippen LogP contribution in [0.4, 0.5) is 5.82 Å². The summed E-state index contributed by atoms with van der Waals surface area (Å²) >= 11 is 0. The molecule has 1 aromatic rings. The molecule has 0 spiro atoms. The second-order valence-corrected chi connectivity index (χ2v) is 7.89. The van der Waals surface area contributed by atoms with Gasteiger partial charge >= 0.3 is 0 Å². The third-order valence-corrected chi connectivity index (χ3v) is 5.44. The summed E-state index contributed by atoms with van der Waals surface area (Å²) in [6.07, 6.45) is 8.28. The number of pyridine rings is 1. The van der Waals surface area contributed by atoms with Gasteiger partial charge in [0.05, 0.1) is 6.54 Å². The van der Waals surface area contributed by atoms with Gasteiger partial charge in [0, 0.05) is 43.4 Å². The van der Waals surface area contributed by atoms with Crippen molar-refractivity contribution >= 4 is 17.7 Å². The fourth-order valence-electron chi connectivity index (χ4n) is 3.70. The standard InChI is InChI=1S/C22H38N6O/c1-4-6-7-9-17(3)27-22(24-5-2)26-16-19-10-8-13-25-21(19)28-14-11-18(12-15-28)20(23)29/h8,10,13,17-18H,4-7,9,11-12,14-16H2,1-3H3,(H2,23,29)(H2,24,26,27). The summed E-state index contributed by atoms with van der Waals surface area (Å²) in [5, 5.41) is 6.86. The van der Waals surface area contributed by atoms with Crippen LogP contribution in [-0.2, 0) is 11.3 Å². The Hall–Kier alpha value is -2.31. The van der Waals surface area contributed by atoms with E-state index in [0.717, 1.165) is 56.2 Å². The number of nitrogens with one attached hydrogen (secondary N) is 2. The number of piperidine rings is 1. The number of carbonyl (C=O) groups is 1. The summed E-state index contributed by atoms with van der Waals surface area (Å²) in [5.41, 5.74) is 6.56. The average Bonchev–Trinajstić information content (AvgIpc) is 2.72. The predicted molar refractivity (Wildman–Crippen MR) is 120 cm³/mol. The molecule has 1 atom stereocenters. The molecule has 29 heavy (non-hydrogen) atoms. The first-order chi connectivity index (χ1) is 14.0. The number of nitrogens with zero attached hydrogens (tertiary/aromatic N) is 3. The number of carbonyl (C=O) groups excluding carboxylic acids is 1. The summed E-state index contributed by atoms with van der Waals surface area (Å²) in [4.78, 5) is 23.1. The summed E-state index contributed by atoms with van der Waals surface area (Å²) in [7, 11) is 0. The van der Waals surface area contributed by atoms with Crippen molar-refractivity contribution in [1.29, 1.82) is 0 Å². The fraction of sp³-hybridized carbons (Fsp3) is 0.682. The lowest BCUT2D eigenvalue weighted by molar-refractivity contribution is -0.122. The lowest BCUT2D eigenvalue weighted by Gasteiger charge is -2.32. The summed E-state index contributed by atoms with van der Waals surface area (Å²) < 4.78 is 0. The number of hydrogen-bond donors (Lipinski definition) is 3. The van der Waals surface area contributed by atoms with Crippen LogP contribution < -0.4 is 21.3 Å². The van der Waals surface area contributed by atoms with E-state index in [2.05, 4.69) is 47.4 Å². The molecule has 1 saturated heterocycles. The number of anilines is 1. The number of guanidine groups is 1. The summed E-state index contributed by atoms with van der Waals surface area (Å²) in [5.74, 6) is 1.60. The van der Waals surface area contributed by atoms with E-state index in [1.165, 1.54) is 19.3 Å². The van der Waals surface area contributed by atoms with Crippen LogP contribution in [0.5, 0.6) is 0 Å². The molecule has 7 heteroatoms. The van der Waals surface area contributed by atoms with Gasteiger partial charge in [-0.1, -0.05) is 32.3 Å². The van der Waals surface area contributed by atoms with Crippen molar-refractivity contribution in [2.75, 3.05) is 24.5 Å². The molecule has 2 heterocycles. The number of aliphatic imine (C=N–C) groups is 1. The van der Waals surface area contributed by atoms with Gasteiger partial charge in [-0.15, -0.1) is 0 Å². The van der Waals surface area contributed by atoms with Crippen molar-refractivity contribution in [2.24, 2.45) is 16.6 Å². The molecular weight excluding hydrogens is 364 g/mol. The smallest absolute Gasteiger partial charge is 0.220 e. The van der Waals surface area contributed by atoms with E-state index >= 15 is 0 Å². The van der Waals surface area contributed by atoms with E-state index in [0.29, 0.717) is 12.6 Å². The molecule has 7 nitrogen and oxygen atoms in total. The van der Waals surface area contributed by atoms with Gasteiger partial charge in [0.25, 0.3) is 0 Å². The highest BCUT2D eigenvalue weighted by atomic mass is 16.1. The van der Waals surface area contributed by atoms with Crippen molar-refractivity contribution in [1.82, 2.24) is 15.6 Å². The van der Waals surface area contributed by atoms with Gasteiger partial charge in [-0.2, -0.15) is 0 Å². The number of unbranched alkanes of at least 4 members (excludes halogenated alkanes) is 2. The molecule has 1 aliphatic heterocycles. The summed E-state index contributed by atoms with van der Waals surface area (Å²) in [6.45, 7) is 9.51. The highest BCUT2D eigenvalue weighted by molar-refractivity contribution is 5.80. The normalized spacial score (nSPS) is 16.5. The number of primary amides is 1. The van der Waals surface area contributed by atoms with E-state index in [-0.39, 0.29) is 11.8 Å². The lowest BCUT2D eigenvalue weighted by atomic mass is 9.96. The van der Waals surface area contributed by atoms with Gasteiger partial charge in [-0.05, 0) is 39.2 Å². The Morgan fingerprint density at radius 1 is 1.34 bits per heavy atom. The minimum Gasteiger partial charge on any atom is -0.369 e. The molecule has 1 fully saturated rings. The van der Waals surface area contributed by atoms with E-state index in [1.54, 1.807) is 0 Å². The van der Waals surface area contributed by atoms with Crippen molar-refractivity contribution in [3.63, 3.8) is 0 Å². The minimum atomic E-state index is -0.190. The Labute approximate surface area is 175 Å². The number of amides is 1. The SMILES string of the molecule is CCCCCC(C)NC(=NCc1cccnc1N1CCC(C(N)=O)CC1)NCC. The molecule has 1 amide bonds. The van der Waals surface area contributed by atoms with Gasteiger partial charge in [0.1, 0.15) is 5.82 Å². The van der Waals surface area contributed by atoms with Crippen LogP contribution in [0.2, 0.25) is 0 Å². The van der Waals surface area contributed by atoms with E-state index in [4.69, 9.17) is 10.7 Å². The zero-order valence-corrected chi connectivity index (χ0v) is 18.3. The Bertz CT molecular complexity index is 654. The highest BCUT2D eigenvalue weighted by Gasteiger charge is 2.24. The minimum absolute atomic E-state index is 0.0183. The predicted octanol–water partition coefficient (Wildman–Crippen LogP) is 2.81. The largest absolute Gasteiger partial charge is 0.369 e. The van der Waals surface area contributed by atoms with Crippen molar-refractivity contribution in [3.05, 3.63) is 23.9 Å². The van der Waals surface area contributed by atoms with Gasteiger partial charge < -0.3 is 21.3 Å². The van der Waals surface area contributed by atoms with E-state index in [9.17, 15) is 4.79 Å². The van der Waals surface area contributed by atoms with Crippen molar-refractivity contribution in [3.8, 4) is 0 Å². The van der Waals surface area contributed by atoms with Crippen molar-refractivity contribution < 1.29 is 4.79 Å². The molecule has 0 saturated carbocycles. The van der Waals surface area contributed by atoms with Gasteiger partial charge in [-0.3, -0.25) is 4.79 Å². The lowest BCUT2D eigenvalue weighted by Crippen LogP contribution is -2.42. The maximum Gasteiger partial charge on any atom is 0.220 e. The topological polar surface area (TPSA) is 95.6 Å².